The molecule has 0 saturated carbocycles. The number of rotatable bonds is 2. The minimum atomic E-state index is -4.69. The summed E-state index contributed by atoms with van der Waals surface area (Å²) in [5.41, 5.74) is -0.509. The van der Waals surface area contributed by atoms with Crippen molar-refractivity contribution in [2.24, 2.45) is 0 Å². The number of hydrogen-bond donors (Lipinski definition) is 1. The van der Waals surface area contributed by atoms with Crippen molar-refractivity contribution in [1.82, 2.24) is 0 Å². The van der Waals surface area contributed by atoms with Gasteiger partial charge >= 0.3 is 6.18 Å². The molecule has 0 fully saturated rings. The monoisotopic (exact) mass is 240 g/mol. The van der Waals surface area contributed by atoms with Crippen molar-refractivity contribution >= 4 is 17.3 Å². The Bertz CT molecular complexity index is 394. The van der Waals surface area contributed by atoms with Crippen LogP contribution in [0.25, 0.3) is 0 Å². The van der Waals surface area contributed by atoms with Crippen LogP contribution in [0.2, 0.25) is 5.02 Å². The summed E-state index contributed by atoms with van der Waals surface area (Å²) in [6.07, 6.45) is -4.69. The zero-order valence-electron chi connectivity index (χ0n) is 7.01. The van der Waals surface area contributed by atoms with E-state index in [-0.39, 0.29) is 5.02 Å². The Hall–Kier alpha value is -1.50. The number of nitrogens with zero attached hydrogens (tertiary/aromatic N) is 1. The van der Waals surface area contributed by atoms with Crippen molar-refractivity contribution in [2.45, 2.75) is 6.18 Å². The number of para-hydroxylation sites is 1. The lowest BCUT2D eigenvalue weighted by atomic mass is 10.2. The first-order valence-electron chi connectivity index (χ1n) is 3.59. The standard InChI is InChI=1S/C7H4ClF3N2O2/c8-5-3-1-2-4(7(9,10)11)6(5)12-13(14)15/h1-3,12H. The Labute approximate surface area is 86.8 Å². The lowest BCUT2D eigenvalue weighted by molar-refractivity contribution is -0.445. The lowest BCUT2D eigenvalue weighted by Gasteiger charge is -2.11. The van der Waals surface area contributed by atoms with Gasteiger partial charge < -0.3 is 0 Å². The SMILES string of the molecule is O=[N+]([O-])Nc1c(Cl)cccc1C(F)(F)F. The van der Waals surface area contributed by atoms with E-state index < -0.39 is 22.5 Å². The van der Waals surface area contributed by atoms with E-state index in [4.69, 9.17) is 11.6 Å². The van der Waals surface area contributed by atoms with Gasteiger partial charge in [0, 0.05) is 0 Å². The van der Waals surface area contributed by atoms with Crippen molar-refractivity contribution in [3.05, 3.63) is 38.9 Å². The highest BCUT2D eigenvalue weighted by Crippen LogP contribution is 2.38. The predicted octanol–water partition coefficient (Wildman–Crippen LogP) is 2.96. The molecule has 0 amide bonds. The van der Waals surface area contributed by atoms with E-state index in [0.29, 0.717) is 6.07 Å². The summed E-state index contributed by atoms with van der Waals surface area (Å²) in [6.45, 7) is 0. The molecule has 82 valence electrons. The molecule has 0 aliphatic carbocycles. The second kappa shape index (κ2) is 3.93. The van der Waals surface area contributed by atoms with Gasteiger partial charge in [0.1, 0.15) is 5.69 Å². The van der Waals surface area contributed by atoms with Crippen molar-refractivity contribution in [3.8, 4) is 0 Å². The summed E-state index contributed by atoms with van der Waals surface area (Å²) < 4.78 is 37.1. The highest BCUT2D eigenvalue weighted by atomic mass is 35.5. The minimum Gasteiger partial charge on any atom is -0.235 e. The summed E-state index contributed by atoms with van der Waals surface area (Å²) in [7, 11) is 0. The van der Waals surface area contributed by atoms with Crippen LogP contribution in [0.4, 0.5) is 18.9 Å². The first-order valence-corrected chi connectivity index (χ1v) is 3.97. The summed E-state index contributed by atoms with van der Waals surface area (Å²) in [5.74, 6) is 0. The maximum atomic E-state index is 12.4. The largest absolute Gasteiger partial charge is 0.418 e. The van der Waals surface area contributed by atoms with Crippen molar-refractivity contribution in [2.75, 3.05) is 5.43 Å². The van der Waals surface area contributed by atoms with Gasteiger partial charge in [-0.25, -0.2) is 10.1 Å². The molecule has 0 spiro atoms. The Kier molecular flexibility index (Phi) is 3.04. The normalized spacial score (nSPS) is 11.2. The highest BCUT2D eigenvalue weighted by Gasteiger charge is 2.35. The fourth-order valence-corrected chi connectivity index (χ4v) is 1.18. The zero-order chi connectivity index (χ0) is 11.6. The highest BCUT2D eigenvalue weighted by molar-refractivity contribution is 6.33. The third-order valence-electron chi connectivity index (χ3n) is 1.52. The molecule has 0 bridgehead atoms. The first-order chi connectivity index (χ1) is 6.82. The minimum absolute atomic E-state index is 0.360. The van der Waals surface area contributed by atoms with Crippen LogP contribution in [0.5, 0.6) is 0 Å². The van der Waals surface area contributed by atoms with E-state index in [9.17, 15) is 23.3 Å². The summed E-state index contributed by atoms with van der Waals surface area (Å²) in [6, 6.07) is 2.90. The van der Waals surface area contributed by atoms with Gasteiger partial charge in [0.05, 0.1) is 10.6 Å². The Morgan fingerprint density at radius 2 is 2.00 bits per heavy atom. The van der Waals surface area contributed by atoms with Crippen LogP contribution in [-0.4, -0.2) is 5.03 Å². The molecule has 1 rings (SSSR count). The average Bonchev–Trinajstić information content (AvgIpc) is 2.05. The molecule has 0 aliphatic rings. The van der Waals surface area contributed by atoms with Crippen LogP contribution >= 0.6 is 11.6 Å². The fourth-order valence-electron chi connectivity index (χ4n) is 0.965. The molecule has 0 atom stereocenters. The second-order valence-electron chi connectivity index (χ2n) is 2.53. The topological polar surface area (TPSA) is 55.2 Å². The smallest absolute Gasteiger partial charge is 0.235 e. The maximum absolute atomic E-state index is 12.4. The molecule has 1 aromatic carbocycles. The number of anilines is 1. The molecule has 0 radical (unpaired) electrons. The van der Waals surface area contributed by atoms with Gasteiger partial charge in [0.2, 0.25) is 0 Å². The molecule has 15 heavy (non-hydrogen) atoms. The van der Waals surface area contributed by atoms with Gasteiger partial charge in [-0.1, -0.05) is 17.7 Å². The number of hydrogen-bond acceptors (Lipinski definition) is 2. The molecular formula is C7H4ClF3N2O2. The van der Waals surface area contributed by atoms with Gasteiger partial charge in [0.15, 0.2) is 5.03 Å². The molecule has 0 aromatic heterocycles. The summed E-state index contributed by atoms with van der Waals surface area (Å²) in [4.78, 5) is 10.1. The van der Waals surface area contributed by atoms with Crippen LogP contribution in [0.1, 0.15) is 5.56 Å². The van der Waals surface area contributed by atoms with Crippen LogP contribution in [0.15, 0.2) is 18.2 Å². The molecule has 8 heteroatoms. The van der Waals surface area contributed by atoms with Gasteiger partial charge in [0.25, 0.3) is 0 Å². The van der Waals surface area contributed by atoms with E-state index in [1.165, 1.54) is 5.43 Å². The number of benzene rings is 1. The summed E-state index contributed by atoms with van der Waals surface area (Å²) in [5, 5.41) is 8.61. The van der Waals surface area contributed by atoms with Gasteiger partial charge in [-0.05, 0) is 12.1 Å². The molecule has 4 nitrogen and oxygen atoms in total. The van der Waals surface area contributed by atoms with Crippen LogP contribution in [-0.2, 0) is 6.18 Å². The zero-order valence-corrected chi connectivity index (χ0v) is 7.76. The Morgan fingerprint density at radius 3 is 2.47 bits per heavy atom. The van der Waals surface area contributed by atoms with Crippen molar-refractivity contribution < 1.29 is 18.2 Å². The quantitative estimate of drug-likeness (QED) is 0.639. The lowest BCUT2D eigenvalue weighted by Crippen LogP contribution is -2.15. The number of alkyl halides is 3. The van der Waals surface area contributed by atoms with Crippen LogP contribution in [0.3, 0.4) is 0 Å². The third-order valence-corrected chi connectivity index (χ3v) is 1.84. The number of nitrogens with one attached hydrogen (secondary N) is 1. The van der Waals surface area contributed by atoms with Crippen molar-refractivity contribution in [1.29, 1.82) is 0 Å². The Balaban J connectivity index is 3.26. The second-order valence-corrected chi connectivity index (χ2v) is 2.94. The Morgan fingerprint density at radius 1 is 1.40 bits per heavy atom. The first kappa shape index (κ1) is 11.6. The molecule has 1 N–H and O–H groups in total. The molecular weight excluding hydrogens is 237 g/mol. The average molecular weight is 241 g/mol. The maximum Gasteiger partial charge on any atom is 0.418 e. The van der Waals surface area contributed by atoms with E-state index in [1.54, 1.807) is 0 Å². The van der Waals surface area contributed by atoms with Gasteiger partial charge in [-0.2, -0.15) is 13.2 Å². The predicted molar refractivity (Wildman–Crippen MR) is 47.1 cm³/mol. The third kappa shape index (κ3) is 2.72. The molecule has 0 aliphatic heterocycles. The summed E-state index contributed by atoms with van der Waals surface area (Å²) >= 11 is 5.41. The number of nitro groups is 1. The van der Waals surface area contributed by atoms with Gasteiger partial charge in [-0.3, -0.25) is 0 Å². The van der Waals surface area contributed by atoms with Crippen LogP contribution < -0.4 is 5.43 Å². The number of halogens is 4. The molecule has 0 saturated heterocycles. The van der Waals surface area contributed by atoms with Crippen molar-refractivity contribution in [3.63, 3.8) is 0 Å². The van der Waals surface area contributed by atoms with E-state index in [1.807, 2.05) is 0 Å². The van der Waals surface area contributed by atoms with Gasteiger partial charge in [-0.15, -0.1) is 5.43 Å². The molecule has 0 unspecified atom stereocenters. The number of hydrazine groups is 1. The van der Waals surface area contributed by atoms with Crippen LogP contribution in [0, 0.1) is 10.1 Å². The van der Waals surface area contributed by atoms with E-state index in [2.05, 4.69) is 0 Å². The molecule has 1 aromatic rings. The van der Waals surface area contributed by atoms with E-state index in [0.717, 1.165) is 12.1 Å². The molecule has 0 heterocycles. The fraction of sp³-hybridized carbons (Fsp3) is 0.143. The van der Waals surface area contributed by atoms with E-state index >= 15 is 0 Å².